The van der Waals surface area contributed by atoms with E-state index in [1.54, 1.807) is 18.0 Å². The van der Waals surface area contributed by atoms with E-state index in [4.69, 9.17) is 9.47 Å². The highest BCUT2D eigenvalue weighted by molar-refractivity contribution is 7.89. The highest BCUT2D eigenvalue weighted by atomic mass is 32.2. The monoisotopic (exact) mass is 476 g/mol. The highest BCUT2D eigenvalue weighted by Gasteiger charge is 2.23. The Bertz CT molecular complexity index is 1310. The number of nitrogens with one attached hydrogen (secondary N) is 2. The van der Waals surface area contributed by atoms with E-state index >= 15 is 0 Å². The zero-order valence-corrected chi connectivity index (χ0v) is 19.7. The van der Waals surface area contributed by atoms with Crippen molar-refractivity contribution in [1.29, 1.82) is 0 Å². The van der Waals surface area contributed by atoms with Crippen LogP contribution in [-0.4, -0.2) is 65.9 Å². The van der Waals surface area contributed by atoms with E-state index in [0.29, 0.717) is 67.7 Å². The van der Waals surface area contributed by atoms with Gasteiger partial charge in [0.25, 0.3) is 15.6 Å². The number of imidazole rings is 1. The number of hydrazine groups is 1. The third-order valence-electron chi connectivity index (χ3n) is 5.29. The molecule has 3 heterocycles. The molecule has 33 heavy (non-hydrogen) atoms. The maximum absolute atomic E-state index is 13.0. The number of ether oxygens (including phenoxy) is 2. The molecule has 4 rings (SSSR count). The summed E-state index contributed by atoms with van der Waals surface area (Å²) in [4.78, 5) is 22.8. The van der Waals surface area contributed by atoms with Gasteiger partial charge in [0.15, 0.2) is 11.3 Å². The largest absolute Gasteiger partial charge is 0.493 e. The Balaban J connectivity index is 1.81. The molecular formula is C21H28N6O5S. The Morgan fingerprint density at radius 3 is 2.70 bits per heavy atom. The van der Waals surface area contributed by atoms with E-state index in [1.165, 1.54) is 16.6 Å². The normalized spacial score (nSPS) is 15.2. The molecule has 178 valence electrons. The molecule has 11 nitrogen and oxygen atoms in total. The fourth-order valence-corrected chi connectivity index (χ4v) is 4.91. The maximum atomic E-state index is 13.0. The van der Waals surface area contributed by atoms with Crippen LogP contribution in [0.2, 0.25) is 0 Å². The first-order chi connectivity index (χ1) is 15.8. The van der Waals surface area contributed by atoms with Crippen molar-refractivity contribution in [2.45, 2.75) is 38.5 Å². The van der Waals surface area contributed by atoms with Crippen molar-refractivity contribution in [3.63, 3.8) is 0 Å². The first-order valence-corrected chi connectivity index (χ1v) is 12.4. The van der Waals surface area contributed by atoms with Gasteiger partial charge in [-0.15, -0.1) is 9.93 Å². The van der Waals surface area contributed by atoms with Crippen molar-refractivity contribution in [1.82, 2.24) is 29.4 Å². The molecule has 3 aromatic rings. The van der Waals surface area contributed by atoms with Crippen LogP contribution < -0.4 is 15.1 Å². The Labute approximate surface area is 191 Å². The molecule has 0 amide bonds. The third-order valence-corrected chi connectivity index (χ3v) is 6.67. The SMILES string of the molecule is CCCc1nc(C)c2c(=O)[nH]c(-c3cc(S(=O)(=O)NN4CCOCC4)ccc3OCC)nn12. The van der Waals surface area contributed by atoms with E-state index in [0.717, 1.165) is 6.42 Å². The summed E-state index contributed by atoms with van der Waals surface area (Å²) in [5.41, 5.74) is 0.983. The number of hydrogen-bond acceptors (Lipinski definition) is 8. The van der Waals surface area contributed by atoms with Crippen LogP contribution in [0, 0.1) is 6.92 Å². The first-order valence-electron chi connectivity index (χ1n) is 10.9. The first kappa shape index (κ1) is 23.4. The van der Waals surface area contributed by atoms with Gasteiger partial charge in [0, 0.05) is 19.5 Å². The van der Waals surface area contributed by atoms with Gasteiger partial charge in [-0.3, -0.25) is 4.79 Å². The molecule has 12 heteroatoms. The molecule has 0 atom stereocenters. The summed E-state index contributed by atoms with van der Waals surface area (Å²) in [6, 6.07) is 4.50. The maximum Gasteiger partial charge on any atom is 0.277 e. The third kappa shape index (κ3) is 4.78. The van der Waals surface area contributed by atoms with Crippen LogP contribution in [0.25, 0.3) is 16.9 Å². The molecule has 2 aromatic heterocycles. The van der Waals surface area contributed by atoms with Crippen LogP contribution in [-0.2, 0) is 21.2 Å². The van der Waals surface area contributed by atoms with Crippen molar-refractivity contribution in [3.8, 4) is 17.1 Å². The van der Waals surface area contributed by atoms with Gasteiger partial charge >= 0.3 is 0 Å². The Morgan fingerprint density at radius 2 is 2.00 bits per heavy atom. The number of H-pyrrole nitrogens is 1. The fraction of sp³-hybridized carbons (Fsp3) is 0.476. The molecule has 1 aliphatic heterocycles. The quantitative estimate of drug-likeness (QED) is 0.497. The number of morpholine rings is 1. The Hall–Kier alpha value is -2.80. The predicted molar refractivity (Wildman–Crippen MR) is 122 cm³/mol. The number of rotatable bonds is 8. The summed E-state index contributed by atoms with van der Waals surface area (Å²) < 4.78 is 38.6. The summed E-state index contributed by atoms with van der Waals surface area (Å²) in [6.07, 6.45) is 1.49. The summed E-state index contributed by atoms with van der Waals surface area (Å²) in [5, 5.41) is 6.21. The van der Waals surface area contributed by atoms with Gasteiger partial charge in [0.1, 0.15) is 11.6 Å². The summed E-state index contributed by atoms with van der Waals surface area (Å²) in [5.74, 6) is 1.29. The predicted octanol–water partition coefficient (Wildman–Crippen LogP) is 1.27. The molecule has 0 saturated carbocycles. The number of benzene rings is 1. The molecule has 1 saturated heterocycles. The summed E-state index contributed by atoms with van der Waals surface area (Å²) in [7, 11) is -3.86. The zero-order chi connectivity index (χ0) is 23.6. The van der Waals surface area contributed by atoms with Crippen LogP contribution in [0.15, 0.2) is 27.9 Å². The average molecular weight is 477 g/mol. The van der Waals surface area contributed by atoms with Gasteiger partial charge in [-0.05, 0) is 38.5 Å². The number of hydrogen-bond donors (Lipinski definition) is 2. The number of nitrogens with zero attached hydrogens (tertiary/aromatic N) is 4. The smallest absolute Gasteiger partial charge is 0.277 e. The van der Waals surface area contributed by atoms with E-state index in [9.17, 15) is 13.2 Å². The Morgan fingerprint density at radius 1 is 1.24 bits per heavy atom. The lowest BCUT2D eigenvalue weighted by atomic mass is 10.2. The minimum absolute atomic E-state index is 0.0331. The molecule has 0 aliphatic carbocycles. The number of aryl methyl sites for hydroxylation is 2. The Kier molecular flexibility index (Phi) is 6.79. The summed E-state index contributed by atoms with van der Waals surface area (Å²) >= 11 is 0. The van der Waals surface area contributed by atoms with E-state index in [1.807, 2.05) is 13.8 Å². The minimum Gasteiger partial charge on any atom is -0.493 e. The van der Waals surface area contributed by atoms with Gasteiger partial charge in [-0.2, -0.15) is 0 Å². The van der Waals surface area contributed by atoms with Crippen molar-refractivity contribution >= 4 is 15.5 Å². The van der Waals surface area contributed by atoms with E-state index in [-0.39, 0.29) is 16.3 Å². The average Bonchev–Trinajstić information content (AvgIpc) is 3.10. The molecule has 0 radical (unpaired) electrons. The second-order valence-electron chi connectivity index (χ2n) is 7.71. The molecule has 0 unspecified atom stereocenters. The summed E-state index contributed by atoms with van der Waals surface area (Å²) in [6.45, 7) is 7.78. The second kappa shape index (κ2) is 9.59. The van der Waals surface area contributed by atoms with Gasteiger partial charge in [0.2, 0.25) is 0 Å². The van der Waals surface area contributed by atoms with Gasteiger partial charge in [0.05, 0.1) is 36.0 Å². The zero-order valence-electron chi connectivity index (χ0n) is 18.9. The van der Waals surface area contributed by atoms with Crippen LogP contribution >= 0.6 is 0 Å². The number of aromatic amines is 1. The van der Waals surface area contributed by atoms with Crippen molar-refractivity contribution < 1.29 is 17.9 Å². The van der Waals surface area contributed by atoms with Gasteiger partial charge in [-0.25, -0.2) is 22.9 Å². The standard InChI is InChI=1S/C21H28N6O5S/c1-4-6-18-22-14(3)19-21(28)23-20(24-27(18)19)16-13-15(7-8-17(16)32-5-2)33(29,30)25-26-9-11-31-12-10-26/h7-8,13,25H,4-6,9-12H2,1-3H3,(H,23,24,28). The second-order valence-corrected chi connectivity index (χ2v) is 9.37. The lowest BCUT2D eigenvalue weighted by molar-refractivity contribution is 0.0272. The molecule has 0 bridgehead atoms. The van der Waals surface area contributed by atoms with Gasteiger partial charge in [-0.1, -0.05) is 6.92 Å². The van der Waals surface area contributed by atoms with E-state index in [2.05, 4.69) is 19.9 Å². The molecule has 1 fully saturated rings. The van der Waals surface area contributed by atoms with Crippen LogP contribution in [0.5, 0.6) is 5.75 Å². The van der Waals surface area contributed by atoms with Crippen LogP contribution in [0.3, 0.4) is 0 Å². The lowest BCUT2D eigenvalue weighted by Gasteiger charge is -2.26. The van der Waals surface area contributed by atoms with E-state index < -0.39 is 10.0 Å². The van der Waals surface area contributed by atoms with Crippen molar-refractivity contribution in [3.05, 3.63) is 40.1 Å². The van der Waals surface area contributed by atoms with Crippen LogP contribution in [0.1, 0.15) is 31.8 Å². The van der Waals surface area contributed by atoms with Crippen molar-refractivity contribution in [2.24, 2.45) is 0 Å². The minimum atomic E-state index is -3.86. The van der Waals surface area contributed by atoms with Gasteiger partial charge < -0.3 is 14.5 Å². The lowest BCUT2D eigenvalue weighted by Crippen LogP contribution is -2.48. The number of sulfonamides is 1. The fourth-order valence-electron chi connectivity index (χ4n) is 3.76. The molecule has 1 aromatic carbocycles. The highest BCUT2D eigenvalue weighted by Crippen LogP contribution is 2.30. The number of aromatic nitrogens is 4. The van der Waals surface area contributed by atoms with Crippen LogP contribution in [0.4, 0.5) is 0 Å². The number of fused-ring (bicyclic) bond motifs is 1. The molecule has 1 aliphatic rings. The molecular weight excluding hydrogens is 448 g/mol. The topological polar surface area (TPSA) is 131 Å². The van der Waals surface area contributed by atoms with Crippen molar-refractivity contribution in [2.75, 3.05) is 32.9 Å². The molecule has 2 N–H and O–H groups in total. The molecule has 0 spiro atoms.